The van der Waals surface area contributed by atoms with E-state index in [-0.39, 0.29) is 17.0 Å². The molecule has 1 N–H and O–H groups in total. The summed E-state index contributed by atoms with van der Waals surface area (Å²) < 4.78 is 2.43. The maximum absolute atomic E-state index is 3.40. The predicted molar refractivity (Wildman–Crippen MR) is 110 cm³/mol. The Kier molecular flexibility index (Phi) is 19.2. The molecule has 0 atom stereocenters. The molecule has 0 aromatic carbocycles. The Hall–Kier alpha value is -0.310. The van der Waals surface area contributed by atoms with E-state index in [0.29, 0.717) is 0 Å². The maximum Gasteiger partial charge on any atom is 0.254 e. The minimum absolute atomic E-state index is 0. The van der Waals surface area contributed by atoms with Crippen LogP contribution in [0.3, 0.4) is 0 Å². The normalized spacial score (nSPS) is 10.8. The average Bonchev–Trinajstić information content (AvgIpc) is 3.07. The first-order valence-electron chi connectivity index (χ1n) is 11.4. The molecule has 0 spiro atoms. The molecule has 0 aliphatic carbocycles. The van der Waals surface area contributed by atoms with E-state index in [1.165, 1.54) is 122 Å². The number of halogens is 1. The van der Waals surface area contributed by atoms with Crippen molar-refractivity contribution in [2.75, 3.05) is 0 Å². The zero-order valence-corrected chi connectivity index (χ0v) is 19.3. The van der Waals surface area contributed by atoms with E-state index >= 15 is 0 Å². The molecule has 0 saturated heterocycles. The molecule has 1 aromatic heterocycles. The van der Waals surface area contributed by atoms with E-state index in [0.717, 1.165) is 0 Å². The van der Waals surface area contributed by atoms with Gasteiger partial charge < -0.3 is 17.0 Å². The van der Waals surface area contributed by atoms with Gasteiger partial charge in [0.1, 0.15) is 12.4 Å². The third kappa shape index (κ3) is 13.8. The van der Waals surface area contributed by atoms with Gasteiger partial charge in [-0.15, -0.1) is 0 Å². The first-order chi connectivity index (χ1) is 12.4. The molecule has 0 aliphatic rings. The van der Waals surface area contributed by atoms with E-state index < -0.39 is 0 Å². The summed E-state index contributed by atoms with van der Waals surface area (Å²) in [5.41, 5.74) is 0. The van der Waals surface area contributed by atoms with Crippen molar-refractivity contribution in [1.29, 1.82) is 0 Å². The quantitative estimate of drug-likeness (QED) is 0.267. The zero-order chi connectivity index (χ0) is 18.0. The Balaban J connectivity index is 0.00000625. The first kappa shape index (κ1) is 25.7. The first-order valence-corrected chi connectivity index (χ1v) is 11.4. The highest BCUT2D eigenvalue weighted by molar-refractivity contribution is 4.77. The topological polar surface area (TPSA) is 19.7 Å². The number of aromatic amines is 1. The van der Waals surface area contributed by atoms with E-state index in [4.69, 9.17) is 0 Å². The standard InChI is InChI=1S/C23H44N2.BrH/c1-3-5-7-8-9-10-11-12-13-14-15-16-17-18-21-25-22-20-24-23(25)19-6-4-2;/h20,22H,3-19,21H2,1-2H3;1H. The number of nitrogens with one attached hydrogen (secondary N) is 1. The van der Waals surface area contributed by atoms with Crippen LogP contribution < -0.4 is 21.5 Å². The number of hydrogen-bond donors (Lipinski definition) is 1. The van der Waals surface area contributed by atoms with Crippen molar-refractivity contribution in [3.63, 3.8) is 0 Å². The van der Waals surface area contributed by atoms with Crippen molar-refractivity contribution in [1.82, 2.24) is 4.98 Å². The smallest absolute Gasteiger partial charge is 0.254 e. The number of aromatic nitrogens is 2. The molecule has 154 valence electrons. The highest BCUT2D eigenvalue weighted by Gasteiger charge is 2.08. The van der Waals surface area contributed by atoms with Crippen LogP contribution in [-0.4, -0.2) is 4.98 Å². The number of hydrogen-bond acceptors (Lipinski definition) is 0. The molecule has 3 heteroatoms. The van der Waals surface area contributed by atoms with E-state index in [9.17, 15) is 0 Å². The van der Waals surface area contributed by atoms with Crippen molar-refractivity contribution in [3.05, 3.63) is 18.2 Å². The Labute approximate surface area is 174 Å². The third-order valence-electron chi connectivity index (χ3n) is 5.37. The molecule has 0 unspecified atom stereocenters. The highest BCUT2D eigenvalue weighted by Crippen LogP contribution is 2.13. The number of unbranched alkanes of at least 4 members (excludes halogenated alkanes) is 14. The summed E-state index contributed by atoms with van der Waals surface area (Å²) in [6, 6.07) is 0. The van der Waals surface area contributed by atoms with Gasteiger partial charge in [-0.1, -0.05) is 97.3 Å². The number of H-pyrrole nitrogens is 1. The molecule has 26 heavy (non-hydrogen) atoms. The molecular formula is C23H45BrN2. The van der Waals surface area contributed by atoms with Gasteiger partial charge in [0, 0.05) is 6.42 Å². The monoisotopic (exact) mass is 428 g/mol. The van der Waals surface area contributed by atoms with Gasteiger partial charge in [-0.25, -0.2) is 9.55 Å². The van der Waals surface area contributed by atoms with Crippen LogP contribution in [0.4, 0.5) is 0 Å². The van der Waals surface area contributed by atoms with Gasteiger partial charge in [0.05, 0.1) is 6.54 Å². The molecule has 1 heterocycles. The molecule has 0 fully saturated rings. The molecule has 0 radical (unpaired) electrons. The van der Waals surface area contributed by atoms with Crippen molar-refractivity contribution >= 4 is 0 Å². The lowest BCUT2D eigenvalue weighted by Crippen LogP contribution is -3.00. The fourth-order valence-electron chi connectivity index (χ4n) is 3.64. The summed E-state index contributed by atoms with van der Waals surface area (Å²) in [5, 5.41) is 0. The number of rotatable bonds is 18. The Morgan fingerprint density at radius 2 is 1.12 bits per heavy atom. The second kappa shape index (κ2) is 19.5. The second-order valence-electron chi connectivity index (χ2n) is 7.80. The lowest BCUT2D eigenvalue weighted by Gasteiger charge is -2.03. The largest absolute Gasteiger partial charge is 1.00 e. The molecule has 0 amide bonds. The fourth-order valence-corrected chi connectivity index (χ4v) is 3.64. The maximum atomic E-state index is 3.40. The number of nitrogens with zero attached hydrogens (tertiary/aromatic N) is 1. The van der Waals surface area contributed by atoms with Gasteiger partial charge in [-0.3, -0.25) is 0 Å². The summed E-state index contributed by atoms with van der Waals surface area (Å²) in [7, 11) is 0. The van der Waals surface area contributed by atoms with E-state index in [1.54, 1.807) is 0 Å². The summed E-state index contributed by atoms with van der Waals surface area (Å²) in [6.07, 6.45) is 28.2. The van der Waals surface area contributed by atoms with Crippen LogP contribution in [0.5, 0.6) is 0 Å². The van der Waals surface area contributed by atoms with Gasteiger partial charge in [-0.05, 0) is 19.3 Å². The summed E-state index contributed by atoms with van der Waals surface area (Å²) >= 11 is 0. The van der Waals surface area contributed by atoms with Crippen LogP contribution in [0.15, 0.2) is 12.4 Å². The minimum atomic E-state index is 0. The zero-order valence-electron chi connectivity index (χ0n) is 17.7. The SMILES string of the molecule is CCCCCCCCCCCCCCCC[n+]1cc[nH]c1CCCC.[Br-]. The van der Waals surface area contributed by atoms with Crippen LogP contribution in [0, 0.1) is 0 Å². The lowest BCUT2D eigenvalue weighted by atomic mass is 10.0. The minimum Gasteiger partial charge on any atom is -1.00 e. The molecule has 2 nitrogen and oxygen atoms in total. The van der Waals surface area contributed by atoms with Crippen LogP contribution in [-0.2, 0) is 13.0 Å². The van der Waals surface area contributed by atoms with E-state index in [1.807, 2.05) is 0 Å². The number of aryl methyl sites for hydroxylation is 2. The Bertz CT molecular complexity index is 389. The summed E-state index contributed by atoms with van der Waals surface area (Å²) in [4.78, 5) is 3.40. The van der Waals surface area contributed by atoms with Crippen molar-refractivity contribution in [2.45, 2.75) is 130 Å². The van der Waals surface area contributed by atoms with Crippen LogP contribution in [0.1, 0.15) is 122 Å². The molecule has 0 saturated carbocycles. The predicted octanol–water partition coefficient (Wildman–Crippen LogP) is 4.13. The third-order valence-corrected chi connectivity index (χ3v) is 5.37. The van der Waals surface area contributed by atoms with Gasteiger partial charge >= 0.3 is 0 Å². The van der Waals surface area contributed by atoms with E-state index in [2.05, 4.69) is 35.8 Å². The molecular weight excluding hydrogens is 384 g/mol. The second-order valence-corrected chi connectivity index (χ2v) is 7.80. The van der Waals surface area contributed by atoms with Crippen molar-refractivity contribution in [2.24, 2.45) is 0 Å². The number of imidazole rings is 1. The molecule has 0 bridgehead atoms. The molecule has 0 aliphatic heterocycles. The van der Waals surface area contributed by atoms with Crippen molar-refractivity contribution in [3.8, 4) is 0 Å². The van der Waals surface area contributed by atoms with Gasteiger partial charge in [0.25, 0.3) is 5.82 Å². The highest BCUT2D eigenvalue weighted by atomic mass is 79.9. The Morgan fingerprint density at radius 3 is 1.62 bits per heavy atom. The lowest BCUT2D eigenvalue weighted by molar-refractivity contribution is -0.703. The van der Waals surface area contributed by atoms with Gasteiger partial charge in [0.2, 0.25) is 0 Å². The Morgan fingerprint density at radius 1 is 0.654 bits per heavy atom. The summed E-state index contributed by atoms with van der Waals surface area (Å²) in [6.45, 7) is 5.76. The van der Waals surface area contributed by atoms with Crippen LogP contribution >= 0.6 is 0 Å². The summed E-state index contributed by atoms with van der Waals surface area (Å²) in [5.74, 6) is 1.41. The van der Waals surface area contributed by atoms with Crippen LogP contribution in [0.25, 0.3) is 0 Å². The molecule has 1 rings (SSSR count). The van der Waals surface area contributed by atoms with Crippen LogP contribution in [0.2, 0.25) is 0 Å². The fraction of sp³-hybridized carbons (Fsp3) is 0.870. The molecule has 1 aromatic rings. The average molecular weight is 430 g/mol. The van der Waals surface area contributed by atoms with Gasteiger partial charge in [-0.2, -0.15) is 0 Å². The van der Waals surface area contributed by atoms with Crippen molar-refractivity contribution < 1.29 is 21.5 Å². The van der Waals surface area contributed by atoms with Gasteiger partial charge in [0.15, 0.2) is 0 Å².